The first-order valence-electron chi connectivity index (χ1n) is 3.74. The Balaban J connectivity index is 2.44. The summed E-state index contributed by atoms with van der Waals surface area (Å²) in [5.41, 5.74) is 1.53. The van der Waals surface area contributed by atoms with E-state index in [1.807, 2.05) is 11.8 Å². The van der Waals surface area contributed by atoms with Gasteiger partial charge in [-0.2, -0.15) is 0 Å². The summed E-state index contributed by atoms with van der Waals surface area (Å²) in [6.45, 7) is 0. The van der Waals surface area contributed by atoms with Gasteiger partial charge in [-0.15, -0.1) is 11.8 Å². The molecule has 0 radical (unpaired) electrons. The van der Waals surface area contributed by atoms with Gasteiger partial charge in [0, 0.05) is 8.82 Å². The Kier molecular flexibility index (Phi) is 2.42. The molecule has 1 unspecified atom stereocenters. The fraction of sp³-hybridized carbons (Fsp3) is 0.333. The molecule has 1 aliphatic rings. The van der Waals surface area contributed by atoms with Gasteiger partial charge in [0.25, 0.3) is 0 Å². The van der Waals surface area contributed by atoms with E-state index in [9.17, 15) is 0 Å². The van der Waals surface area contributed by atoms with Crippen molar-refractivity contribution in [3.8, 4) is 0 Å². The lowest BCUT2D eigenvalue weighted by Crippen LogP contribution is -2.00. The maximum absolute atomic E-state index is 2.53. The highest BCUT2D eigenvalue weighted by atomic mass is 127. The van der Waals surface area contributed by atoms with Gasteiger partial charge in [0.1, 0.15) is 0 Å². The molecule has 2 rings (SSSR count). The average Bonchev–Trinajstić information content (AvgIpc) is 2.06. The molecule has 0 aromatic heterocycles. The minimum atomic E-state index is 0.741. The van der Waals surface area contributed by atoms with Crippen LogP contribution in [0.1, 0.15) is 15.9 Å². The van der Waals surface area contributed by atoms with Crippen LogP contribution in [-0.4, -0.2) is 5.75 Å². The molecule has 0 spiro atoms. The van der Waals surface area contributed by atoms with Gasteiger partial charge in [0.2, 0.25) is 0 Å². The summed E-state index contributed by atoms with van der Waals surface area (Å²) in [5, 5.41) is 0. The van der Waals surface area contributed by atoms with Crippen molar-refractivity contribution in [2.24, 2.45) is 0 Å². The van der Waals surface area contributed by atoms with E-state index in [0.717, 1.165) is 3.92 Å². The molecule has 1 aliphatic heterocycles. The standard InChI is InChI=1S/C9H9IS/c10-8-5-6-11-9-4-2-1-3-7(8)9/h1-4,8H,5-6H2. The molecule has 0 saturated carbocycles. The van der Waals surface area contributed by atoms with Crippen molar-refractivity contribution in [1.82, 2.24) is 0 Å². The highest BCUT2D eigenvalue weighted by Gasteiger charge is 2.16. The van der Waals surface area contributed by atoms with Crippen LogP contribution in [0.5, 0.6) is 0 Å². The monoisotopic (exact) mass is 276 g/mol. The van der Waals surface area contributed by atoms with E-state index in [1.54, 1.807) is 0 Å². The van der Waals surface area contributed by atoms with E-state index >= 15 is 0 Å². The van der Waals surface area contributed by atoms with Crippen LogP contribution in [-0.2, 0) is 0 Å². The number of hydrogen-bond acceptors (Lipinski definition) is 1. The largest absolute Gasteiger partial charge is 0.126 e. The minimum Gasteiger partial charge on any atom is -0.126 e. The van der Waals surface area contributed by atoms with Gasteiger partial charge in [0.15, 0.2) is 0 Å². The Morgan fingerprint density at radius 2 is 2.18 bits per heavy atom. The fourth-order valence-electron chi connectivity index (χ4n) is 1.30. The number of thioether (sulfide) groups is 1. The second kappa shape index (κ2) is 3.35. The first kappa shape index (κ1) is 7.92. The highest BCUT2D eigenvalue weighted by molar-refractivity contribution is 14.1. The maximum atomic E-state index is 2.53. The van der Waals surface area contributed by atoms with Gasteiger partial charge in [-0.1, -0.05) is 40.8 Å². The molecule has 1 aromatic rings. The topological polar surface area (TPSA) is 0 Å². The third kappa shape index (κ3) is 1.56. The molecule has 0 amide bonds. The lowest BCUT2D eigenvalue weighted by molar-refractivity contribution is 0.896. The molecule has 1 atom stereocenters. The van der Waals surface area contributed by atoms with Crippen molar-refractivity contribution in [1.29, 1.82) is 0 Å². The molecule has 0 fully saturated rings. The first-order chi connectivity index (χ1) is 5.38. The van der Waals surface area contributed by atoms with Crippen molar-refractivity contribution in [3.05, 3.63) is 29.8 Å². The van der Waals surface area contributed by atoms with Crippen LogP contribution in [0.3, 0.4) is 0 Å². The van der Waals surface area contributed by atoms with E-state index < -0.39 is 0 Å². The molecule has 0 bridgehead atoms. The van der Waals surface area contributed by atoms with Crippen molar-refractivity contribution >= 4 is 34.4 Å². The number of hydrogen-bond donors (Lipinski definition) is 0. The van der Waals surface area contributed by atoms with Gasteiger partial charge in [-0.3, -0.25) is 0 Å². The molecule has 2 heteroatoms. The summed E-state index contributed by atoms with van der Waals surface area (Å²) in [5.74, 6) is 1.28. The molecule has 0 N–H and O–H groups in total. The van der Waals surface area contributed by atoms with Crippen LogP contribution in [0.2, 0.25) is 0 Å². The quantitative estimate of drug-likeness (QED) is 0.515. The average molecular weight is 276 g/mol. The SMILES string of the molecule is IC1CCSc2ccccc21. The molecule has 0 aliphatic carbocycles. The lowest BCUT2D eigenvalue weighted by atomic mass is 10.1. The van der Waals surface area contributed by atoms with Crippen LogP contribution in [0.4, 0.5) is 0 Å². The summed E-state index contributed by atoms with van der Waals surface area (Å²) in [4.78, 5) is 1.48. The predicted octanol–water partition coefficient (Wildman–Crippen LogP) is 3.66. The van der Waals surface area contributed by atoms with E-state index in [-0.39, 0.29) is 0 Å². The molecule has 11 heavy (non-hydrogen) atoms. The van der Waals surface area contributed by atoms with Crippen LogP contribution in [0, 0.1) is 0 Å². The van der Waals surface area contributed by atoms with E-state index in [1.165, 1.54) is 22.6 Å². The van der Waals surface area contributed by atoms with Crippen molar-refractivity contribution < 1.29 is 0 Å². The minimum absolute atomic E-state index is 0.741. The maximum Gasteiger partial charge on any atom is 0.0378 e. The molecule has 0 saturated heterocycles. The van der Waals surface area contributed by atoms with Gasteiger partial charge in [-0.25, -0.2) is 0 Å². The molecular formula is C9H9IS. The lowest BCUT2D eigenvalue weighted by Gasteiger charge is -2.19. The third-order valence-electron chi connectivity index (χ3n) is 1.89. The van der Waals surface area contributed by atoms with Gasteiger partial charge < -0.3 is 0 Å². The molecule has 58 valence electrons. The van der Waals surface area contributed by atoms with Crippen molar-refractivity contribution in [2.45, 2.75) is 15.2 Å². The van der Waals surface area contributed by atoms with Gasteiger partial charge in [-0.05, 0) is 23.8 Å². The van der Waals surface area contributed by atoms with E-state index in [2.05, 4.69) is 46.9 Å². The zero-order chi connectivity index (χ0) is 7.68. The molecule has 0 nitrogen and oxygen atoms in total. The summed E-state index contributed by atoms with van der Waals surface area (Å²) < 4.78 is 0.741. The van der Waals surface area contributed by atoms with Crippen LogP contribution in [0.25, 0.3) is 0 Å². The smallest absolute Gasteiger partial charge is 0.0378 e. The van der Waals surface area contributed by atoms with Crippen LogP contribution >= 0.6 is 34.4 Å². The van der Waals surface area contributed by atoms with Gasteiger partial charge in [0.05, 0.1) is 0 Å². The zero-order valence-electron chi connectivity index (χ0n) is 6.09. The molecular weight excluding hydrogens is 267 g/mol. The van der Waals surface area contributed by atoms with E-state index in [4.69, 9.17) is 0 Å². The Morgan fingerprint density at radius 1 is 1.36 bits per heavy atom. The Labute approximate surface area is 84.9 Å². The molecule has 1 heterocycles. The third-order valence-corrected chi connectivity index (χ3v) is 4.30. The first-order valence-corrected chi connectivity index (χ1v) is 5.97. The van der Waals surface area contributed by atoms with Crippen LogP contribution < -0.4 is 0 Å². The summed E-state index contributed by atoms with van der Waals surface area (Å²) in [7, 11) is 0. The number of fused-ring (bicyclic) bond motifs is 1. The Hall–Kier alpha value is 0.300. The highest BCUT2D eigenvalue weighted by Crippen LogP contribution is 2.40. The normalized spacial score (nSPS) is 22.8. The number of halogens is 1. The summed E-state index contributed by atoms with van der Waals surface area (Å²) >= 11 is 4.52. The van der Waals surface area contributed by atoms with Crippen molar-refractivity contribution in [2.75, 3.05) is 5.75 Å². The predicted molar refractivity (Wildman–Crippen MR) is 58.5 cm³/mol. The zero-order valence-corrected chi connectivity index (χ0v) is 9.06. The second-order valence-electron chi connectivity index (χ2n) is 2.64. The van der Waals surface area contributed by atoms with Crippen LogP contribution in [0.15, 0.2) is 29.2 Å². The summed E-state index contributed by atoms with van der Waals surface area (Å²) in [6, 6.07) is 8.74. The number of alkyl halides is 1. The second-order valence-corrected chi connectivity index (χ2v) is 5.28. The number of rotatable bonds is 0. The van der Waals surface area contributed by atoms with Crippen molar-refractivity contribution in [3.63, 3.8) is 0 Å². The Morgan fingerprint density at radius 3 is 3.00 bits per heavy atom. The molecule has 1 aromatic carbocycles. The Bertz CT molecular complexity index is 259. The summed E-state index contributed by atoms with van der Waals surface area (Å²) in [6.07, 6.45) is 1.32. The fourth-order valence-corrected chi connectivity index (χ4v) is 3.91. The van der Waals surface area contributed by atoms with E-state index in [0.29, 0.717) is 0 Å². The van der Waals surface area contributed by atoms with Gasteiger partial charge >= 0.3 is 0 Å². The number of benzene rings is 1.